The maximum absolute atomic E-state index is 10.6. The summed E-state index contributed by atoms with van der Waals surface area (Å²) in [6.45, 7) is 2.21. The van der Waals surface area contributed by atoms with E-state index in [9.17, 15) is 9.59 Å². The Kier molecular flexibility index (Phi) is 1.38. The Morgan fingerprint density at radius 3 is 2.67 bits per heavy atom. The molecule has 9 heavy (non-hydrogen) atoms. The topological polar surface area (TPSA) is 58.2 Å². The van der Waals surface area contributed by atoms with Crippen molar-refractivity contribution in [1.82, 2.24) is 10.6 Å². The van der Waals surface area contributed by atoms with Gasteiger partial charge in [-0.3, -0.25) is 10.1 Å². The van der Waals surface area contributed by atoms with Crippen molar-refractivity contribution < 1.29 is 9.59 Å². The molecule has 1 atom stereocenters. The number of urea groups is 1. The molecular weight excluding hydrogens is 120 g/mol. The van der Waals surface area contributed by atoms with E-state index in [1.165, 1.54) is 0 Å². The first-order valence-electron chi connectivity index (χ1n) is 2.79. The largest absolute Gasteiger partial charge is 0.337 e. The number of amides is 3. The molecule has 1 aliphatic rings. The van der Waals surface area contributed by atoms with Gasteiger partial charge in [0.15, 0.2) is 0 Å². The van der Waals surface area contributed by atoms with Gasteiger partial charge in [0.05, 0.1) is 5.92 Å². The molecule has 1 unspecified atom stereocenters. The Morgan fingerprint density at radius 2 is 2.22 bits per heavy atom. The fourth-order valence-electron chi connectivity index (χ4n) is 0.618. The maximum Gasteiger partial charge on any atom is 0.321 e. The van der Waals surface area contributed by atoms with Crippen LogP contribution in [0.3, 0.4) is 0 Å². The minimum Gasteiger partial charge on any atom is -0.337 e. The number of rotatable bonds is 0. The molecule has 1 rings (SSSR count). The third-order valence-electron chi connectivity index (χ3n) is 1.25. The Bertz CT molecular complexity index is 155. The standard InChI is InChI=1S/C5H8N2O2/c1-3-2-6-5(9)7-4(3)8/h3H,2H2,1H3,(H2,6,7,8,9). The van der Waals surface area contributed by atoms with Crippen LogP contribution in [0.5, 0.6) is 0 Å². The van der Waals surface area contributed by atoms with Crippen LogP contribution in [-0.2, 0) is 4.79 Å². The van der Waals surface area contributed by atoms with E-state index in [1.807, 2.05) is 0 Å². The lowest BCUT2D eigenvalue weighted by Crippen LogP contribution is -2.51. The molecule has 0 aromatic heterocycles. The number of hydrogen-bond acceptors (Lipinski definition) is 2. The van der Waals surface area contributed by atoms with E-state index in [1.54, 1.807) is 6.92 Å². The van der Waals surface area contributed by atoms with Gasteiger partial charge in [0.2, 0.25) is 5.91 Å². The summed E-state index contributed by atoms with van der Waals surface area (Å²) in [6.07, 6.45) is 0. The molecule has 0 aromatic carbocycles. The molecule has 1 fully saturated rings. The van der Waals surface area contributed by atoms with Crippen LogP contribution in [0.2, 0.25) is 0 Å². The zero-order chi connectivity index (χ0) is 6.85. The van der Waals surface area contributed by atoms with Crippen molar-refractivity contribution in [2.75, 3.05) is 6.54 Å². The van der Waals surface area contributed by atoms with Gasteiger partial charge >= 0.3 is 6.03 Å². The van der Waals surface area contributed by atoms with Gasteiger partial charge in [-0.05, 0) is 0 Å². The van der Waals surface area contributed by atoms with Crippen molar-refractivity contribution in [3.05, 3.63) is 0 Å². The highest BCUT2D eigenvalue weighted by Crippen LogP contribution is 1.95. The third kappa shape index (κ3) is 1.19. The summed E-state index contributed by atoms with van der Waals surface area (Å²) in [5.41, 5.74) is 0. The summed E-state index contributed by atoms with van der Waals surface area (Å²) in [5.74, 6) is -0.290. The molecule has 0 aromatic rings. The van der Waals surface area contributed by atoms with Gasteiger partial charge in [0, 0.05) is 6.54 Å². The Balaban J connectivity index is 2.54. The van der Waals surface area contributed by atoms with Crippen LogP contribution in [0.25, 0.3) is 0 Å². The molecule has 4 nitrogen and oxygen atoms in total. The van der Waals surface area contributed by atoms with Crippen LogP contribution in [0, 0.1) is 5.92 Å². The molecule has 1 aliphatic heterocycles. The average molecular weight is 128 g/mol. The minimum atomic E-state index is -0.391. The van der Waals surface area contributed by atoms with Crippen LogP contribution in [0.1, 0.15) is 6.92 Å². The van der Waals surface area contributed by atoms with Crippen LogP contribution in [-0.4, -0.2) is 18.5 Å². The lowest BCUT2D eigenvalue weighted by atomic mass is 10.1. The first kappa shape index (κ1) is 6.07. The molecule has 0 saturated carbocycles. The van der Waals surface area contributed by atoms with Crippen LogP contribution in [0.15, 0.2) is 0 Å². The van der Waals surface area contributed by atoms with Crippen LogP contribution in [0.4, 0.5) is 4.79 Å². The molecule has 50 valence electrons. The summed E-state index contributed by atoms with van der Waals surface area (Å²) in [6, 6.07) is -0.391. The fourth-order valence-corrected chi connectivity index (χ4v) is 0.618. The van der Waals surface area contributed by atoms with Gasteiger partial charge in [0.1, 0.15) is 0 Å². The molecule has 0 aliphatic carbocycles. The van der Waals surface area contributed by atoms with Gasteiger partial charge in [0.25, 0.3) is 0 Å². The first-order chi connectivity index (χ1) is 4.20. The highest BCUT2D eigenvalue weighted by molar-refractivity contribution is 5.97. The number of hydrogen-bond donors (Lipinski definition) is 2. The summed E-state index contributed by atoms with van der Waals surface area (Å²) >= 11 is 0. The van der Waals surface area contributed by atoms with E-state index >= 15 is 0 Å². The quantitative estimate of drug-likeness (QED) is 0.460. The second kappa shape index (κ2) is 2.05. The van der Waals surface area contributed by atoms with Gasteiger partial charge in [-0.25, -0.2) is 4.79 Å². The van der Waals surface area contributed by atoms with E-state index in [4.69, 9.17) is 0 Å². The summed E-state index contributed by atoms with van der Waals surface area (Å²) in [5, 5.41) is 4.63. The van der Waals surface area contributed by atoms with Gasteiger partial charge < -0.3 is 5.32 Å². The highest BCUT2D eigenvalue weighted by atomic mass is 16.2. The number of nitrogens with one attached hydrogen (secondary N) is 2. The first-order valence-corrected chi connectivity index (χ1v) is 2.79. The van der Waals surface area contributed by atoms with Gasteiger partial charge in [-0.1, -0.05) is 6.92 Å². The number of carbonyl (C=O) groups excluding carboxylic acids is 2. The molecule has 0 radical (unpaired) electrons. The molecule has 1 heterocycles. The van der Waals surface area contributed by atoms with Crippen molar-refractivity contribution in [1.29, 1.82) is 0 Å². The van der Waals surface area contributed by atoms with Crippen molar-refractivity contribution in [2.45, 2.75) is 6.92 Å². The van der Waals surface area contributed by atoms with E-state index in [2.05, 4.69) is 10.6 Å². The molecule has 0 bridgehead atoms. The number of carbonyl (C=O) groups is 2. The molecule has 1 saturated heterocycles. The third-order valence-corrected chi connectivity index (χ3v) is 1.25. The predicted molar refractivity (Wildman–Crippen MR) is 30.7 cm³/mol. The van der Waals surface area contributed by atoms with Crippen LogP contribution >= 0.6 is 0 Å². The summed E-state index contributed by atoms with van der Waals surface area (Å²) in [7, 11) is 0. The van der Waals surface area contributed by atoms with Gasteiger partial charge in [-0.15, -0.1) is 0 Å². The van der Waals surface area contributed by atoms with Gasteiger partial charge in [-0.2, -0.15) is 0 Å². The SMILES string of the molecule is CC1CNC(=O)NC1=O. The lowest BCUT2D eigenvalue weighted by molar-refractivity contribution is -0.123. The average Bonchev–Trinajstić information content (AvgIpc) is 1.80. The zero-order valence-corrected chi connectivity index (χ0v) is 5.10. The van der Waals surface area contributed by atoms with Crippen molar-refractivity contribution in [3.8, 4) is 0 Å². The Morgan fingerprint density at radius 1 is 1.56 bits per heavy atom. The van der Waals surface area contributed by atoms with Crippen LogP contribution < -0.4 is 10.6 Å². The molecule has 0 spiro atoms. The molecule has 4 heteroatoms. The van der Waals surface area contributed by atoms with E-state index < -0.39 is 6.03 Å². The Hall–Kier alpha value is -1.06. The Labute approximate surface area is 52.6 Å². The van der Waals surface area contributed by atoms with Crippen molar-refractivity contribution >= 4 is 11.9 Å². The fraction of sp³-hybridized carbons (Fsp3) is 0.600. The smallest absolute Gasteiger partial charge is 0.321 e. The molecule has 2 N–H and O–H groups in total. The van der Waals surface area contributed by atoms with E-state index in [-0.39, 0.29) is 11.8 Å². The van der Waals surface area contributed by atoms with E-state index in [0.717, 1.165) is 0 Å². The lowest BCUT2D eigenvalue weighted by Gasteiger charge is -2.17. The molecule has 3 amide bonds. The van der Waals surface area contributed by atoms with E-state index in [0.29, 0.717) is 6.54 Å². The summed E-state index contributed by atoms with van der Waals surface area (Å²) < 4.78 is 0. The van der Waals surface area contributed by atoms with Crippen molar-refractivity contribution in [3.63, 3.8) is 0 Å². The maximum atomic E-state index is 10.6. The molecular formula is C5H8N2O2. The number of imide groups is 1. The summed E-state index contributed by atoms with van der Waals surface area (Å²) in [4.78, 5) is 21.0. The van der Waals surface area contributed by atoms with Crippen molar-refractivity contribution in [2.24, 2.45) is 5.92 Å². The second-order valence-corrected chi connectivity index (χ2v) is 2.10. The zero-order valence-electron chi connectivity index (χ0n) is 5.10. The highest BCUT2D eigenvalue weighted by Gasteiger charge is 2.20. The second-order valence-electron chi connectivity index (χ2n) is 2.10. The normalized spacial score (nSPS) is 27.0. The predicted octanol–water partition coefficient (Wildman–Crippen LogP) is -0.538. The monoisotopic (exact) mass is 128 g/mol. The minimum absolute atomic E-state index is 0.0947.